The Balaban J connectivity index is 1.63. The van der Waals surface area contributed by atoms with Gasteiger partial charge >= 0.3 is 0 Å². The molecule has 2 aliphatic rings. The van der Waals surface area contributed by atoms with Crippen molar-refractivity contribution >= 4 is 11.9 Å². The molecular weight excluding hydrogens is 268 g/mol. The monoisotopic (exact) mass is 290 g/mol. The van der Waals surface area contributed by atoms with Crippen molar-refractivity contribution in [2.24, 2.45) is 0 Å². The number of ether oxygens (including phenoxy) is 1. The summed E-state index contributed by atoms with van der Waals surface area (Å²) >= 11 is 0. The number of aromatic nitrogens is 2. The van der Waals surface area contributed by atoms with Gasteiger partial charge in [-0.3, -0.25) is 4.79 Å². The second-order valence-corrected chi connectivity index (χ2v) is 6.16. The van der Waals surface area contributed by atoms with Crippen molar-refractivity contribution in [3.05, 3.63) is 17.5 Å². The van der Waals surface area contributed by atoms with Crippen molar-refractivity contribution in [3.63, 3.8) is 0 Å². The Morgan fingerprint density at radius 2 is 2.19 bits per heavy atom. The minimum absolute atomic E-state index is 0.00283. The molecule has 114 valence electrons. The minimum Gasteiger partial charge on any atom is -0.373 e. The third-order valence-electron chi connectivity index (χ3n) is 4.55. The van der Waals surface area contributed by atoms with Crippen LogP contribution in [-0.4, -0.2) is 34.1 Å². The molecule has 6 heteroatoms. The second-order valence-electron chi connectivity index (χ2n) is 6.16. The van der Waals surface area contributed by atoms with Crippen LogP contribution in [0.2, 0.25) is 0 Å². The van der Waals surface area contributed by atoms with E-state index in [0.29, 0.717) is 17.9 Å². The smallest absolute Gasteiger partial charge is 0.254 e. The van der Waals surface area contributed by atoms with Crippen molar-refractivity contribution in [2.75, 3.05) is 12.3 Å². The maximum absolute atomic E-state index is 12.3. The molecule has 3 rings (SSSR count). The summed E-state index contributed by atoms with van der Waals surface area (Å²) in [5.74, 6) is 0.0448. The number of carbonyl (C=O) groups is 1. The molecule has 0 radical (unpaired) electrons. The van der Waals surface area contributed by atoms with Crippen molar-refractivity contribution < 1.29 is 9.53 Å². The van der Waals surface area contributed by atoms with E-state index in [-0.39, 0.29) is 23.5 Å². The van der Waals surface area contributed by atoms with Crippen molar-refractivity contribution in [2.45, 2.75) is 57.1 Å². The SMILES string of the molecule is Cc1nc(N)ncc1C(=O)NC1COC2(CCCCC2)C1. The van der Waals surface area contributed by atoms with Gasteiger partial charge in [-0.15, -0.1) is 0 Å². The van der Waals surface area contributed by atoms with Gasteiger partial charge in [0.25, 0.3) is 5.91 Å². The number of amides is 1. The number of hydrogen-bond donors (Lipinski definition) is 2. The summed E-state index contributed by atoms with van der Waals surface area (Å²) in [4.78, 5) is 20.2. The van der Waals surface area contributed by atoms with E-state index in [1.165, 1.54) is 25.5 Å². The van der Waals surface area contributed by atoms with Crippen molar-refractivity contribution in [1.82, 2.24) is 15.3 Å². The molecule has 1 amide bonds. The van der Waals surface area contributed by atoms with Crippen LogP contribution in [0.3, 0.4) is 0 Å². The van der Waals surface area contributed by atoms with E-state index in [9.17, 15) is 4.79 Å². The topological polar surface area (TPSA) is 90.1 Å². The molecular formula is C15H22N4O2. The highest BCUT2D eigenvalue weighted by atomic mass is 16.5. The Bertz CT molecular complexity index is 540. The summed E-state index contributed by atoms with van der Waals surface area (Å²) in [5.41, 5.74) is 6.60. The number of aryl methyl sites for hydroxylation is 1. The molecule has 2 fully saturated rings. The zero-order valence-electron chi connectivity index (χ0n) is 12.4. The predicted octanol–water partition coefficient (Wildman–Crippen LogP) is 1.59. The largest absolute Gasteiger partial charge is 0.373 e. The molecule has 0 aromatic carbocycles. The Morgan fingerprint density at radius 3 is 2.90 bits per heavy atom. The number of anilines is 1. The van der Waals surface area contributed by atoms with Gasteiger partial charge in [0, 0.05) is 6.20 Å². The zero-order chi connectivity index (χ0) is 14.9. The lowest BCUT2D eigenvalue weighted by Gasteiger charge is -2.32. The van der Waals surface area contributed by atoms with Gasteiger partial charge < -0.3 is 15.8 Å². The summed E-state index contributed by atoms with van der Waals surface area (Å²) < 4.78 is 6.01. The first-order chi connectivity index (χ1) is 10.1. The first-order valence-electron chi connectivity index (χ1n) is 7.62. The molecule has 1 spiro atoms. The number of hydrogen-bond acceptors (Lipinski definition) is 5. The van der Waals surface area contributed by atoms with E-state index in [4.69, 9.17) is 10.5 Å². The van der Waals surface area contributed by atoms with Crippen LogP contribution in [0, 0.1) is 6.92 Å². The molecule has 1 saturated heterocycles. The average Bonchev–Trinajstić information content (AvgIpc) is 2.82. The molecule has 21 heavy (non-hydrogen) atoms. The molecule has 1 aliphatic carbocycles. The fourth-order valence-electron chi connectivity index (χ4n) is 3.45. The predicted molar refractivity (Wildman–Crippen MR) is 78.8 cm³/mol. The lowest BCUT2D eigenvalue weighted by Crippen LogP contribution is -2.37. The zero-order valence-corrected chi connectivity index (χ0v) is 12.4. The van der Waals surface area contributed by atoms with Crippen LogP contribution in [0.15, 0.2) is 6.20 Å². The quantitative estimate of drug-likeness (QED) is 0.863. The standard InChI is InChI=1S/C15H22N4O2/c1-10-12(8-17-14(16)18-10)13(20)19-11-7-15(21-9-11)5-3-2-4-6-15/h8,11H,2-7,9H2,1H3,(H,19,20)(H2,16,17,18). The van der Waals surface area contributed by atoms with Crippen LogP contribution in [0.5, 0.6) is 0 Å². The Kier molecular flexibility index (Phi) is 3.80. The fraction of sp³-hybridized carbons (Fsp3) is 0.667. The van der Waals surface area contributed by atoms with Crippen LogP contribution in [-0.2, 0) is 4.74 Å². The minimum atomic E-state index is -0.144. The van der Waals surface area contributed by atoms with Crippen molar-refractivity contribution in [1.29, 1.82) is 0 Å². The number of carbonyl (C=O) groups excluding carboxylic acids is 1. The lowest BCUT2D eigenvalue weighted by atomic mass is 9.82. The third-order valence-corrected chi connectivity index (χ3v) is 4.55. The summed E-state index contributed by atoms with van der Waals surface area (Å²) in [7, 11) is 0. The number of nitrogen functional groups attached to an aromatic ring is 1. The van der Waals surface area contributed by atoms with Crippen LogP contribution < -0.4 is 11.1 Å². The second kappa shape index (κ2) is 5.60. The van der Waals surface area contributed by atoms with Crippen molar-refractivity contribution in [3.8, 4) is 0 Å². The van der Waals surface area contributed by atoms with Gasteiger partial charge in [-0.05, 0) is 26.2 Å². The Labute approximate surface area is 124 Å². The van der Waals surface area contributed by atoms with Gasteiger partial charge in [-0.1, -0.05) is 19.3 Å². The molecule has 3 N–H and O–H groups in total. The first-order valence-corrected chi connectivity index (χ1v) is 7.62. The number of nitrogens with two attached hydrogens (primary N) is 1. The average molecular weight is 290 g/mol. The van der Waals surface area contributed by atoms with Gasteiger partial charge in [-0.2, -0.15) is 0 Å². The number of nitrogens with zero attached hydrogens (tertiary/aromatic N) is 2. The Morgan fingerprint density at radius 1 is 1.43 bits per heavy atom. The third kappa shape index (κ3) is 3.00. The molecule has 6 nitrogen and oxygen atoms in total. The summed E-state index contributed by atoms with van der Waals surface area (Å²) in [5, 5.41) is 3.04. The summed E-state index contributed by atoms with van der Waals surface area (Å²) in [6, 6.07) is 0.0764. The van der Waals surface area contributed by atoms with Crippen LogP contribution in [0.1, 0.15) is 54.6 Å². The van der Waals surface area contributed by atoms with Gasteiger partial charge in [-0.25, -0.2) is 9.97 Å². The number of nitrogens with one attached hydrogen (secondary N) is 1. The van der Waals surface area contributed by atoms with Gasteiger partial charge in [0.1, 0.15) is 0 Å². The lowest BCUT2D eigenvalue weighted by molar-refractivity contribution is -0.0246. The van der Waals surface area contributed by atoms with E-state index >= 15 is 0 Å². The highest BCUT2D eigenvalue weighted by Crippen LogP contribution is 2.39. The van der Waals surface area contributed by atoms with Crippen LogP contribution in [0.4, 0.5) is 5.95 Å². The fourth-order valence-corrected chi connectivity index (χ4v) is 3.45. The van der Waals surface area contributed by atoms with Crippen LogP contribution >= 0.6 is 0 Å². The van der Waals surface area contributed by atoms with E-state index < -0.39 is 0 Å². The summed E-state index contributed by atoms with van der Waals surface area (Å²) in [6.45, 7) is 2.36. The summed E-state index contributed by atoms with van der Waals surface area (Å²) in [6.07, 6.45) is 8.38. The molecule has 1 aromatic rings. The van der Waals surface area contributed by atoms with E-state index in [1.807, 2.05) is 0 Å². The molecule has 1 unspecified atom stereocenters. The normalized spacial score (nSPS) is 24.1. The highest BCUT2D eigenvalue weighted by molar-refractivity contribution is 5.95. The number of rotatable bonds is 2. The maximum Gasteiger partial charge on any atom is 0.254 e. The highest BCUT2D eigenvalue weighted by Gasteiger charge is 2.41. The molecule has 1 aromatic heterocycles. The van der Waals surface area contributed by atoms with Crippen LogP contribution in [0.25, 0.3) is 0 Å². The van der Waals surface area contributed by atoms with Gasteiger partial charge in [0.2, 0.25) is 5.95 Å². The van der Waals surface area contributed by atoms with Gasteiger partial charge in [0.15, 0.2) is 0 Å². The Hall–Kier alpha value is -1.69. The molecule has 1 saturated carbocycles. The molecule has 2 heterocycles. The molecule has 0 bridgehead atoms. The van der Waals surface area contributed by atoms with E-state index in [2.05, 4.69) is 15.3 Å². The van der Waals surface area contributed by atoms with E-state index in [0.717, 1.165) is 19.3 Å². The first kappa shape index (κ1) is 14.3. The van der Waals surface area contributed by atoms with E-state index in [1.54, 1.807) is 6.92 Å². The maximum atomic E-state index is 12.3. The molecule has 1 atom stereocenters. The van der Waals surface area contributed by atoms with Gasteiger partial charge in [0.05, 0.1) is 29.5 Å². The molecule has 1 aliphatic heterocycles.